The van der Waals surface area contributed by atoms with Gasteiger partial charge in [-0.05, 0) is 43.2 Å². The lowest BCUT2D eigenvalue weighted by Gasteiger charge is -2.31. The van der Waals surface area contributed by atoms with Gasteiger partial charge in [-0.1, -0.05) is 28.4 Å². The quantitative estimate of drug-likeness (QED) is 0.692. The zero-order valence-corrected chi connectivity index (χ0v) is 15.7. The van der Waals surface area contributed by atoms with Crippen molar-refractivity contribution < 1.29 is 13.7 Å². The molecule has 2 aromatic heterocycles. The first kappa shape index (κ1) is 17.9. The van der Waals surface area contributed by atoms with Crippen molar-refractivity contribution >= 4 is 35.1 Å². The van der Waals surface area contributed by atoms with Crippen molar-refractivity contribution in [1.82, 2.24) is 15.0 Å². The van der Waals surface area contributed by atoms with E-state index in [9.17, 15) is 4.79 Å². The lowest BCUT2D eigenvalue weighted by Crippen LogP contribution is -2.42. The van der Waals surface area contributed by atoms with Crippen LogP contribution in [-0.2, 0) is 0 Å². The summed E-state index contributed by atoms with van der Waals surface area (Å²) in [6.07, 6.45) is 3.04. The van der Waals surface area contributed by atoms with Crippen molar-refractivity contribution in [2.75, 3.05) is 18.4 Å². The summed E-state index contributed by atoms with van der Waals surface area (Å²) in [7, 11) is 0. The Hall–Kier alpha value is -2.51. The summed E-state index contributed by atoms with van der Waals surface area (Å²) >= 11 is 12.0. The van der Waals surface area contributed by atoms with E-state index in [0.717, 1.165) is 12.8 Å². The number of piperidine rings is 1. The van der Waals surface area contributed by atoms with Crippen LogP contribution in [0.25, 0.3) is 11.4 Å². The second-order valence-corrected chi connectivity index (χ2v) is 7.14. The molecule has 140 valence electrons. The third-order valence-electron chi connectivity index (χ3n) is 4.39. The van der Waals surface area contributed by atoms with E-state index < -0.39 is 0 Å². The first-order valence-corrected chi connectivity index (χ1v) is 9.23. The van der Waals surface area contributed by atoms with Gasteiger partial charge >= 0.3 is 6.01 Å². The monoisotopic (exact) mass is 406 g/mol. The predicted octanol–water partition coefficient (Wildman–Crippen LogP) is 4.35. The van der Waals surface area contributed by atoms with Gasteiger partial charge in [0.15, 0.2) is 5.76 Å². The minimum Gasteiger partial charge on any atom is -0.459 e. The average molecular weight is 407 g/mol. The van der Waals surface area contributed by atoms with Gasteiger partial charge in [0.1, 0.15) is 0 Å². The number of rotatable bonds is 4. The van der Waals surface area contributed by atoms with Crippen molar-refractivity contribution in [2.45, 2.75) is 18.9 Å². The molecule has 3 aromatic rings. The van der Waals surface area contributed by atoms with Crippen LogP contribution in [0.2, 0.25) is 10.0 Å². The van der Waals surface area contributed by atoms with E-state index >= 15 is 0 Å². The molecule has 0 bridgehead atoms. The number of amides is 1. The van der Waals surface area contributed by atoms with E-state index in [2.05, 4.69) is 15.5 Å². The zero-order valence-electron chi connectivity index (χ0n) is 14.2. The summed E-state index contributed by atoms with van der Waals surface area (Å²) < 4.78 is 10.5. The molecule has 4 rings (SSSR count). The van der Waals surface area contributed by atoms with Crippen molar-refractivity contribution in [3.05, 3.63) is 52.4 Å². The lowest BCUT2D eigenvalue weighted by molar-refractivity contribution is 0.0686. The highest BCUT2D eigenvalue weighted by Crippen LogP contribution is 2.26. The molecule has 0 radical (unpaired) electrons. The molecule has 27 heavy (non-hydrogen) atoms. The van der Waals surface area contributed by atoms with Gasteiger partial charge in [0.2, 0.25) is 5.82 Å². The fourth-order valence-corrected chi connectivity index (χ4v) is 3.57. The fraction of sp³-hybridized carbons (Fsp3) is 0.278. The number of likely N-dealkylation sites (tertiary alicyclic amines) is 1. The predicted molar refractivity (Wildman–Crippen MR) is 101 cm³/mol. The number of halogens is 2. The SMILES string of the molecule is O=C(c1ccco1)N1CCC(Nc2nc(-c3cc(Cl)cc(Cl)c3)no2)CC1. The van der Waals surface area contributed by atoms with E-state index in [1.807, 2.05) is 0 Å². The molecule has 1 N–H and O–H groups in total. The molecule has 3 heterocycles. The Balaban J connectivity index is 1.36. The first-order valence-electron chi connectivity index (χ1n) is 8.48. The number of nitrogens with one attached hydrogen (secondary N) is 1. The normalized spacial score (nSPS) is 15.1. The molecule has 0 aliphatic carbocycles. The number of hydrogen-bond acceptors (Lipinski definition) is 6. The Bertz CT molecular complexity index is 914. The van der Waals surface area contributed by atoms with Crippen molar-refractivity contribution in [1.29, 1.82) is 0 Å². The molecular weight excluding hydrogens is 391 g/mol. The molecule has 9 heteroatoms. The van der Waals surface area contributed by atoms with Gasteiger partial charge in [-0.15, -0.1) is 0 Å². The molecule has 1 aliphatic heterocycles. The average Bonchev–Trinajstić information content (AvgIpc) is 3.33. The number of benzene rings is 1. The maximum absolute atomic E-state index is 12.3. The highest BCUT2D eigenvalue weighted by molar-refractivity contribution is 6.35. The highest BCUT2D eigenvalue weighted by Gasteiger charge is 2.26. The number of hydrogen-bond donors (Lipinski definition) is 1. The standard InChI is InChI=1S/C18H16Cl2N4O3/c19-12-8-11(9-13(20)10-12)16-22-18(27-23-16)21-14-3-5-24(6-4-14)17(25)15-2-1-7-26-15/h1-2,7-10,14H,3-6H2,(H,21,22,23). The molecule has 7 nitrogen and oxygen atoms in total. The van der Waals surface area contributed by atoms with Crippen LogP contribution >= 0.6 is 23.2 Å². The fourth-order valence-electron chi connectivity index (χ4n) is 3.04. The Morgan fingerprint density at radius 3 is 2.59 bits per heavy atom. The van der Waals surface area contributed by atoms with E-state index in [-0.39, 0.29) is 11.9 Å². The molecule has 1 aliphatic rings. The first-order chi connectivity index (χ1) is 13.1. The topological polar surface area (TPSA) is 84.4 Å². The van der Waals surface area contributed by atoms with Crippen LogP contribution in [0.3, 0.4) is 0 Å². The zero-order chi connectivity index (χ0) is 18.8. The van der Waals surface area contributed by atoms with Crippen molar-refractivity contribution in [3.63, 3.8) is 0 Å². The van der Waals surface area contributed by atoms with Crippen LogP contribution in [0.4, 0.5) is 6.01 Å². The van der Waals surface area contributed by atoms with E-state index in [1.54, 1.807) is 35.2 Å². The van der Waals surface area contributed by atoms with Crippen LogP contribution < -0.4 is 5.32 Å². The Labute approximate surface area is 165 Å². The highest BCUT2D eigenvalue weighted by atomic mass is 35.5. The van der Waals surface area contributed by atoms with Crippen molar-refractivity contribution in [3.8, 4) is 11.4 Å². The van der Waals surface area contributed by atoms with Gasteiger partial charge in [-0.2, -0.15) is 4.98 Å². The third-order valence-corrected chi connectivity index (χ3v) is 4.82. The van der Waals surface area contributed by atoms with Gasteiger partial charge in [-0.3, -0.25) is 4.79 Å². The van der Waals surface area contributed by atoms with E-state index in [4.69, 9.17) is 32.1 Å². The molecule has 0 atom stereocenters. The minimum atomic E-state index is -0.0867. The number of nitrogens with zero attached hydrogens (tertiary/aromatic N) is 3. The molecule has 0 saturated carbocycles. The molecule has 1 aromatic carbocycles. The Morgan fingerprint density at radius 1 is 1.19 bits per heavy atom. The molecular formula is C18H16Cl2N4O3. The Kier molecular flexibility index (Phi) is 5.05. The third kappa shape index (κ3) is 4.09. The van der Waals surface area contributed by atoms with Crippen molar-refractivity contribution in [2.24, 2.45) is 0 Å². The minimum absolute atomic E-state index is 0.0867. The maximum Gasteiger partial charge on any atom is 0.322 e. The van der Waals surface area contributed by atoms with Crippen LogP contribution in [-0.4, -0.2) is 40.1 Å². The van der Waals surface area contributed by atoms with E-state index in [1.165, 1.54) is 6.26 Å². The Morgan fingerprint density at radius 2 is 1.93 bits per heavy atom. The molecule has 1 fully saturated rings. The number of furan rings is 1. The van der Waals surface area contributed by atoms with Gasteiger partial charge < -0.3 is 19.2 Å². The lowest BCUT2D eigenvalue weighted by atomic mass is 10.1. The maximum atomic E-state index is 12.3. The van der Waals surface area contributed by atoms with Crippen LogP contribution in [0, 0.1) is 0 Å². The van der Waals surface area contributed by atoms with Crippen LogP contribution in [0.5, 0.6) is 0 Å². The number of carbonyl (C=O) groups excluding carboxylic acids is 1. The second-order valence-electron chi connectivity index (χ2n) is 6.27. The molecule has 0 spiro atoms. The summed E-state index contributed by atoms with van der Waals surface area (Å²) in [5, 5.41) is 8.21. The molecule has 1 amide bonds. The molecule has 1 saturated heterocycles. The van der Waals surface area contributed by atoms with E-state index in [0.29, 0.717) is 46.3 Å². The van der Waals surface area contributed by atoms with Gasteiger partial charge in [0, 0.05) is 34.7 Å². The number of aromatic nitrogens is 2. The number of carbonyl (C=O) groups is 1. The summed E-state index contributed by atoms with van der Waals surface area (Å²) in [5.74, 6) is 0.687. The largest absolute Gasteiger partial charge is 0.459 e. The summed E-state index contributed by atoms with van der Waals surface area (Å²) in [6.45, 7) is 1.25. The summed E-state index contributed by atoms with van der Waals surface area (Å²) in [6, 6.07) is 8.95. The number of anilines is 1. The van der Waals surface area contributed by atoms with Crippen LogP contribution in [0.1, 0.15) is 23.4 Å². The van der Waals surface area contributed by atoms with Gasteiger partial charge in [0.25, 0.3) is 5.91 Å². The summed E-state index contributed by atoms with van der Waals surface area (Å²) in [4.78, 5) is 18.4. The smallest absolute Gasteiger partial charge is 0.322 e. The van der Waals surface area contributed by atoms with Gasteiger partial charge in [-0.25, -0.2) is 0 Å². The van der Waals surface area contributed by atoms with Crippen LogP contribution in [0.15, 0.2) is 45.5 Å². The molecule has 0 unspecified atom stereocenters. The summed E-state index contributed by atoms with van der Waals surface area (Å²) in [5.41, 5.74) is 0.683. The van der Waals surface area contributed by atoms with Gasteiger partial charge in [0.05, 0.1) is 6.26 Å². The second kappa shape index (κ2) is 7.62.